The summed E-state index contributed by atoms with van der Waals surface area (Å²) in [5, 5.41) is 6.27. The minimum atomic E-state index is 0.203. The highest BCUT2D eigenvalue weighted by atomic mass is 32.1. The molecule has 1 amide bonds. The molecule has 0 saturated carbocycles. The van der Waals surface area contributed by atoms with Crippen LogP contribution < -0.4 is 5.32 Å². The molecule has 0 spiro atoms. The predicted molar refractivity (Wildman–Crippen MR) is 74.0 cm³/mol. The Hall–Kier alpha value is -0.940. The first-order chi connectivity index (χ1) is 8.74. The maximum atomic E-state index is 11.9. The summed E-state index contributed by atoms with van der Waals surface area (Å²) in [6.45, 7) is 4.29. The molecule has 1 aliphatic rings. The van der Waals surface area contributed by atoms with Crippen LogP contribution in [0.15, 0.2) is 5.38 Å². The van der Waals surface area contributed by atoms with Crippen LogP contribution in [0, 0.1) is 0 Å². The van der Waals surface area contributed by atoms with E-state index in [2.05, 4.69) is 22.6 Å². The van der Waals surface area contributed by atoms with Gasteiger partial charge in [-0.15, -0.1) is 11.3 Å². The normalized spacial score (nSPS) is 20.1. The molecule has 1 atom stereocenters. The molecule has 2 heterocycles. The van der Waals surface area contributed by atoms with E-state index in [0.717, 1.165) is 32.4 Å². The minimum Gasteiger partial charge on any atom is -0.341 e. The van der Waals surface area contributed by atoms with Gasteiger partial charge in [-0.25, -0.2) is 4.98 Å². The van der Waals surface area contributed by atoms with Gasteiger partial charge in [-0.05, 0) is 26.3 Å². The summed E-state index contributed by atoms with van der Waals surface area (Å²) in [6.07, 6.45) is 3.23. The molecule has 1 aliphatic heterocycles. The molecule has 1 saturated heterocycles. The van der Waals surface area contributed by atoms with Crippen molar-refractivity contribution in [3.05, 3.63) is 16.1 Å². The minimum absolute atomic E-state index is 0.203. The van der Waals surface area contributed by atoms with Gasteiger partial charge in [-0.1, -0.05) is 6.92 Å². The van der Waals surface area contributed by atoms with Crippen LogP contribution >= 0.6 is 11.3 Å². The molecular formula is C13H21N3OS. The van der Waals surface area contributed by atoms with Crippen LogP contribution in [0.1, 0.15) is 36.4 Å². The van der Waals surface area contributed by atoms with E-state index in [1.807, 2.05) is 11.9 Å². The number of likely N-dealkylation sites (tertiary alicyclic amines) is 1. The summed E-state index contributed by atoms with van der Waals surface area (Å²) in [5.41, 5.74) is 1.17. The molecule has 0 aliphatic carbocycles. The lowest BCUT2D eigenvalue weighted by Gasteiger charge is -2.31. The second-order valence-electron chi connectivity index (χ2n) is 4.74. The van der Waals surface area contributed by atoms with Crippen molar-refractivity contribution in [3.8, 4) is 0 Å². The van der Waals surface area contributed by atoms with Crippen molar-refractivity contribution in [1.82, 2.24) is 15.2 Å². The predicted octanol–water partition coefficient (Wildman–Crippen LogP) is 1.63. The van der Waals surface area contributed by atoms with Gasteiger partial charge >= 0.3 is 0 Å². The summed E-state index contributed by atoms with van der Waals surface area (Å²) in [4.78, 5) is 18.5. The van der Waals surface area contributed by atoms with Gasteiger partial charge in [0.1, 0.15) is 0 Å². The molecule has 0 bridgehead atoms. The van der Waals surface area contributed by atoms with Crippen LogP contribution in [0.4, 0.5) is 0 Å². The Bertz CT molecular complexity index is 405. The SMILES string of the molecule is CCc1csc(C2CCCN(C(=O)CNC)C2)n1. The molecule has 1 N–H and O–H groups in total. The Morgan fingerprint density at radius 3 is 3.17 bits per heavy atom. The first-order valence-electron chi connectivity index (χ1n) is 6.61. The van der Waals surface area contributed by atoms with Crippen LogP contribution in [0.3, 0.4) is 0 Å². The number of thiazole rings is 1. The van der Waals surface area contributed by atoms with E-state index in [-0.39, 0.29) is 5.91 Å². The van der Waals surface area contributed by atoms with Crippen molar-refractivity contribution < 1.29 is 4.79 Å². The molecular weight excluding hydrogens is 246 g/mol. The van der Waals surface area contributed by atoms with Crippen molar-refractivity contribution in [2.75, 3.05) is 26.7 Å². The zero-order chi connectivity index (χ0) is 13.0. The maximum absolute atomic E-state index is 11.9. The molecule has 0 aromatic carbocycles. The van der Waals surface area contributed by atoms with E-state index >= 15 is 0 Å². The summed E-state index contributed by atoms with van der Waals surface area (Å²) in [6, 6.07) is 0. The van der Waals surface area contributed by atoms with Crippen LogP contribution in [0.2, 0.25) is 0 Å². The van der Waals surface area contributed by atoms with Gasteiger partial charge in [0.05, 0.1) is 17.2 Å². The van der Waals surface area contributed by atoms with Crippen LogP contribution in [-0.2, 0) is 11.2 Å². The Morgan fingerprint density at radius 1 is 1.67 bits per heavy atom. The number of hydrogen-bond acceptors (Lipinski definition) is 4. The van der Waals surface area contributed by atoms with Gasteiger partial charge < -0.3 is 10.2 Å². The van der Waals surface area contributed by atoms with Crippen molar-refractivity contribution in [2.24, 2.45) is 0 Å². The van der Waals surface area contributed by atoms with Crippen molar-refractivity contribution in [2.45, 2.75) is 32.1 Å². The number of aryl methyl sites for hydroxylation is 1. The third kappa shape index (κ3) is 3.09. The molecule has 0 radical (unpaired) electrons. The summed E-state index contributed by atoms with van der Waals surface area (Å²) in [5.74, 6) is 0.638. The van der Waals surface area contributed by atoms with Crippen LogP contribution in [-0.4, -0.2) is 42.5 Å². The number of carbonyl (C=O) groups excluding carboxylic acids is 1. The number of piperidine rings is 1. The number of rotatable bonds is 4. The lowest BCUT2D eigenvalue weighted by Crippen LogP contribution is -2.42. The van der Waals surface area contributed by atoms with E-state index in [1.165, 1.54) is 10.7 Å². The number of hydrogen-bond donors (Lipinski definition) is 1. The zero-order valence-corrected chi connectivity index (χ0v) is 11.9. The van der Waals surface area contributed by atoms with Gasteiger partial charge in [0, 0.05) is 24.4 Å². The average molecular weight is 267 g/mol. The Labute approximate surface area is 112 Å². The molecule has 1 aromatic rings. The first kappa shape index (κ1) is 13.5. The largest absolute Gasteiger partial charge is 0.341 e. The monoisotopic (exact) mass is 267 g/mol. The molecule has 100 valence electrons. The second-order valence-corrected chi connectivity index (χ2v) is 5.63. The van der Waals surface area contributed by atoms with Crippen LogP contribution in [0.5, 0.6) is 0 Å². The lowest BCUT2D eigenvalue weighted by atomic mass is 9.98. The second kappa shape index (κ2) is 6.29. The van der Waals surface area contributed by atoms with Crippen molar-refractivity contribution in [1.29, 1.82) is 0 Å². The Kier molecular flexibility index (Phi) is 4.72. The maximum Gasteiger partial charge on any atom is 0.236 e. The van der Waals surface area contributed by atoms with Gasteiger partial charge in [0.2, 0.25) is 5.91 Å². The third-order valence-corrected chi connectivity index (χ3v) is 4.44. The number of carbonyl (C=O) groups is 1. The van der Waals surface area contributed by atoms with Crippen molar-refractivity contribution >= 4 is 17.2 Å². The fraction of sp³-hybridized carbons (Fsp3) is 0.692. The Morgan fingerprint density at radius 2 is 2.50 bits per heavy atom. The van der Waals surface area contributed by atoms with Gasteiger partial charge in [0.15, 0.2) is 0 Å². The summed E-state index contributed by atoms with van der Waals surface area (Å²) < 4.78 is 0. The topological polar surface area (TPSA) is 45.2 Å². The smallest absolute Gasteiger partial charge is 0.236 e. The van der Waals surface area contributed by atoms with Crippen LogP contribution in [0.25, 0.3) is 0 Å². The highest BCUT2D eigenvalue weighted by Crippen LogP contribution is 2.29. The van der Waals surface area contributed by atoms with E-state index < -0.39 is 0 Å². The molecule has 1 aromatic heterocycles. The molecule has 1 fully saturated rings. The van der Waals surface area contributed by atoms with E-state index in [4.69, 9.17) is 0 Å². The van der Waals surface area contributed by atoms with Gasteiger partial charge in [-0.3, -0.25) is 4.79 Å². The zero-order valence-electron chi connectivity index (χ0n) is 11.1. The van der Waals surface area contributed by atoms with E-state index in [1.54, 1.807) is 11.3 Å². The average Bonchev–Trinajstić information content (AvgIpc) is 2.88. The first-order valence-corrected chi connectivity index (χ1v) is 7.49. The summed E-state index contributed by atoms with van der Waals surface area (Å²) >= 11 is 1.74. The van der Waals surface area contributed by atoms with Gasteiger partial charge in [-0.2, -0.15) is 0 Å². The molecule has 18 heavy (non-hydrogen) atoms. The van der Waals surface area contributed by atoms with E-state index in [0.29, 0.717) is 12.5 Å². The lowest BCUT2D eigenvalue weighted by molar-refractivity contribution is -0.131. The van der Waals surface area contributed by atoms with E-state index in [9.17, 15) is 4.79 Å². The number of nitrogens with one attached hydrogen (secondary N) is 1. The van der Waals surface area contributed by atoms with Gasteiger partial charge in [0.25, 0.3) is 0 Å². The molecule has 4 nitrogen and oxygen atoms in total. The number of aromatic nitrogens is 1. The standard InChI is InChI=1S/C13H21N3OS/c1-3-11-9-18-13(15-11)10-5-4-6-16(8-10)12(17)7-14-2/h9-10,14H,3-8H2,1-2H3. The third-order valence-electron chi connectivity index (χ3n) is 3.38. The quantitative estimate of drug-likeness (QED) is 0.902. The summed E-state index contributed by atoms with van der Waals surface area (Å²) in [7, 11) is 1.81. The number of amides is 1. The number of nitrogens with zero attached hydrogens (tertiary/aromatic N) is 2. The number of likely N-dealkylation sites (N-methyl/N-ethyl adjacent to an activating group) is 1. The Balaban J connectivity index is 1.99. The fourth-order valence-corrected chi connectivity index (χ4v) is 3.37. The molecule has 5 heteroatoms. The highest BCUT2D eigenvalue weighted by molar-refractivity contribution is 7.09. The molecule has 2 rings (SSSR count). The highest BCUT2D eigenvalue weighted by Gasteiger charge is 2.26. The molecule has 1 unspecified atom stereocenters. The fourth-order valence-electron chi connectivity index (χ4n) is 2.34. The van der Waals surface area contributed by atoms with Crippen molar-refractivity contribution in [3.63, 3.8) is 0 Å².